The number of fused-ring (bicyclic) bond motifs is 1. The molecule has 2 aromatic rings. The van der Waals surface area contributed by atoms with Gasteiger partial charge in [0, 0.05) is 5.56 Å². The summed E-state index contributed by atoms with van der Waals surface area (Å²) in [4.78, 5) is 11.8. The lowest BCUT2D eigenvalue weighted by Crippen LogP contribution is -2.27. The summed E-state index contributed by atoms with van der Waals surface area (Å²) in [6.45, 7) is 3.21. The van der Waals surface area contributed by atoms with Crippen LogP contribution in [0.25, 0.3) is 11.3 Å². The predicted octanol–water partition coefficient (Wildman–Crippen LogP) is 2.54. The summed E-state index contributed by atoms with van der Waals surface area (Å²) in [6, 6.07) is 8.03. The van der Waals surface area contributed by atoms with Gasteiger partial charge in [-0.15, -0.1) is 0 Å². The van der Waals surface area contributed by atoms with Crippen molar-refractivity contribution in [3.63, 3.8) is 0 Å². The van der Waals surface area contributed by atoms with E-state index in [0.29, 0.717) is 11.3 Å². The van der Waals surface area contributed by atoms with Crippen molar-refractivity contribution in [3.05, 3.63) is 51.3 Å². The Bertz CT molecular complexity index is 726. The molecular weight excluding hydrogens is 264 g/mol. The van der Waals surface area contributed by atoms with Crippen LogP contribution in [0, 0.1) is 0 Å². The smallest absolute Gasteiger partial charge is 0.270 e. The fourth-order valence-corrected chi connectivity index (χ4v) is 2.90. The minimum atomic E-state index is -1.18. The van der Waals surface area contributed by atoms with Crippen molar-refractivity contribution < 1.29 is 5.11 Å². The molecule has 1 aliphatic rings. The van der Waals surface area contributed by atoms with Crippen molar-refractivity contribution in [3.8, 4) is 11.3 Å². The summed E-state index contributed by atoms with van der Waals surface area (Å²) in [5.74, 6) is 0. The second-order valence-electron chi connectivity index (χ2n) is 6.25. The Hall–Kier alpha value is -1.94. The molecule has 1 aromatic carbocycles. The van der Waals surface area contributed by atoms with Gasteiger partial charge in [0.2, 0.25) is 0 Å². The van der Waals surface area contributed by atoms with E-state index in [4.69, 9.17) is 0 Å². The molecule has 0 aliphatic heterocycles. The Labute approximate surface area is 123 Å². The number of nitrogens with zero attached hydrogens (tertiary/aromatic N) is 1. The lowest BCUT2D eigenvalue weighted by molar-refractivity contribution is 0.0769. The Morgan fingerprint density at radius 3 is 2.57 bits per heavy atom. The molecule has 110 valence electrons. The van der Waals surface area contributed by atoms with Crippen LogP contribution in [0.1, 0.15) is 43.4 Å². The lowest BCUT2D eigenvalue weighted by atomic mass is 9.89. The summed E-state index contributed by atoms with van der Waals surface area (Å²) in [7, 11) is 0. The summed E-state index contributed by atoms with van der Waals surface area (Å²) in [6.07, 6.45) is 4.73. The van der Waals surface area contributed by atoms with Gasteiger partial charge >= 0.3 is 0 Å². The molecule has 3 rings (SSSR count). The molecule has 1 aromatic heterocycles. The van der Waals surface area contributed by atoms with Crippen LogP contribution >= 0.6 is 0 Å². The molecule has 0 saturated carbocycles. The van der Waals surface area contributed by atoms with Gasteiger partial charge in [0.1, 0.15) is 0 Å². The largest absolute Gasteiger partial charge is 0.386 e. The number of nitrogens with one attached hydrogen (secondary N) is 1. The van der Waals surface area contributed by atoms with Crippen LogP contribution in [0.15, 0.2) is 29.1 Å². The molecule has 2 N–H and O–H groups in total. The zero-order valence-electron chi connectivity index (χ0n) is 12.4. The summed E-state index contributed by atoms with van der Waals surface area (Å²) < 4.78 is 0. The number of rotatable bonds is 2. The van der Waals surface area contributed by atoms with E-state index in [-0.39, 0.29) is 5.56 Å². The first-order valence-corrected chi connectivity index (χ1v) is 7.40. The predicted molar refractivity (Wildman–Crippen MR) is 82.2 cm³/mol. The molecule has 0 bridgehead atoms. The number of hydrogen-bond acceptors (Lipinski definition) is 3. The van der Waals surface area contributed by atoms with E-state index in [2.05, 4.69) is 22.3 Å². The second-order valence-corrected chi connectivity index (χ2v) is 6.25. The van der Waals surface area contributed by atoms with Crippen molar-refractivity contribution in [1.82, 2.24) is 10.2 Å². The third kappa shape index (κ3) is 2.76. The highest BCUT2D eigenvalue weighted by Gasteiger charge is 2.21. The molecule has 0 saturated heterocycles. The first kappa shape index (κ1) is 14.0. The van der Waals surface area contributed by atoms with Crippen LogP contribution in [0.3, 0.4) is 0 Å². The minimum absolute atomic E-state index is 0.338. The van der Waals surface area contributed by atoms with Crippen molar-refractivity contribution in [2.45, 2.75) is 45.1 Å². The Morgan fingerprint density at radius 2 is 1.86 bits per heavy atom. The normalized spacial score (nSPS) is 14.8. The van der Waals surface area contributed by atoms with Crippen LogP contribution in [-0.2, 0) is 18.4 Å². The summed E-state index contributed by atoms with van der Waals surface area (Å²) >= 11 is 0. The van der Waals surface area contributed by atoms with Gasteiger partial charge in [0.25, 0.3) is 5.56 Å². The number of aryl methyl sites for hydroxylation is 2. The van der Waals surface area contributed by atoms with Gasteiger partial charge in [0.15, 0.2) is 0 Å². The molecule has 21 heavy (non-hydrogen) atoms. The highest BCUT2D eigenvalue weighted by Crippen LogP contribution is 2.27. The van der Waals surface area contributed by atoms with Gasteiger partial charge in [-0.1, -0.05) is 12.1 Å². The fraction of sp³-hybridized carbons (Fsp3) is 0.412. The molecule has 4 nitrogen and oxygen atoms in total. The van der Waals surface area contributed by atoms with Crippen molar-refractivity contribution >= 4 is 0 Å². The summed E-state index contributed by atoms with van der Waals surface area (Å²) in [5, 5.41) is 16.7. The van der Waals surface area contributed by atoms with Gasteiger partial charge in [-0.05, 0) is 62.8 Å². The third-order valence-electron chi connectivity index (χ3n) is 4.11. The highest BCUT2D eigenvalue weighted by atomic mass is 16.3. The van der Waals surface area contributed by atoms with E-state index in [1.54, 1.807) is 19.9 Å². The highest BCUT2D eigenvalue weighted by molar-refractivity contribution is 5.61. The van der Waals surface area contributed by atoms with E-state index >= 15 is 0 Å². The summed E-state index contributed by atoms with van der Waals surface area (Å²) in [5.41, 5.74) is 3.28. The second kappa shape index (κ2) is 5.11. The zero-order chi connectivity index (χ0) is 15.0. The van der Waals surface area contributed by atoms with E-state index in [1.165, 1.54) is 24.0 Å². The van der Waals surface area contributed by atoms with Gasteiger partial charge < -0.3 is 5.11 Å². The molecule has 0 fully saturated rings. The number of aromatic amines is 1. The maximum absolute atomic E-state index is 11.8. The lowest BCUT2D eigenvalue weighted by Gasteiger charge is -2.18. The molecule has 0 spiro atoms. The SMILES string of the molecule is CC(C)(O)c1cc(-c2ccc3c(c2)CCCC3)n[nH]c1=O. The van der Waals surface area contributed by atoms with Gasteiger partial charge in [0.05, 0.1) is 16.9 Å². The minimum Gasteiger partial charge on any atom is -0.386 e. The molecule has 0 amide bonds. The monoisotopic (exact) mass is 284 g/mol. The quantitative estimate of drug-likeness (QED) is 0.890. The number of aliphatic hydroxyl groups is 1. The van der Waals surface area contributed by atoms with E-state index < -0.39 is 5.60 Å². The van der Waals surface area contributed by atoms with Crippen LogP contribution in [0.5, 0.6) is 0 Å². The van der Waals surface area contributed by atoms with Crippen LogP contribution in [0.4, 0.5) is 0 Å². The average Bonchev–Trinajstić information content (AvgIpc) is 2.46. The Kier molecular flexibility index (Phi) is 3.41. The standard InChI is InChI=1S/C17H20N2O2/c1-17(2,21)14-10-15(18-19-16(14)20)13-8-7-11-5-3-4-6-12(11)9-13/h7-10,21H,3-6H2,1-2H3,(H,19,20). The molecule has 1 heterocycles. The Morgan fingerprint density at radius 1 is 1.14 bits per heavy atom. The molecule has 4 heteroatoms. The third-order valence-corrected chi connectivity index (χ3v) is 4.11. The van der Waals surface area contributed by atoms with Gasteiger partial charge in [-0.2, -0.15) is 5.10 Å². The number of aromatic nitrogens is 2. The average molecular weight is 284 g/mol. The fourth-order valence-electron chi connectivity index (χ4n) is 2.90. The number of hydrogen-bond donors (Lipinski definition) is 2. The van der Waals surface area contributed by atoms with Gasteiger partial charge in [-0.3, -0.25) is 4.79 Å². The molecular formula is C17H20N2O2. The topological polar surface area (TPSA) is 66.0 Å². The van der Waals surface area contributed by atoms with Crippen molar-refractivity contribution in [2.75, 3.05) is 0 Å². The zero-order valence-corrected chi connectivity index (χ0v) is 12.4. The molecule has 0 unspecified atom stereocenters. The van der Waals surface area contributed by atoms with Gasteiger partial charge in [-0.25, -0.2) is 5.10 Å². The van der Waals surface area contributed by atoms with E-state index in [0.717, 1.165) is 18.4 Å². The molecule has 1 aliphatic carbocycles. The first-order valence-electron chi connectivity index (χ1n) is 7.40. The Balaban J connectivity index is 2.07. The molecule has 0 radical (unpaired) electrons. The number of benzene rings is 1. The van der Waals surface area contributed by atoms with Crippen LogP contribution in [-0.4, -0.2) is 15.3 Å². The first-order chi connectivity index (χ1) is 9.95. The maximum atomic E-state index is 11.8. The number of H-pyrrole nitrogens is 1. The van der Waals surface area contributed by atoms with Crippen molar-refractivity contribution in [2.24, 2.45) is 0 Å². The molecule has 0 atom stereocenters. The maximum Gasteiger partial charge on any atom is 0.270 e. The van der Waals surface area contributed by atoms with E-state index in [1.807, 2.05) is 6.07 Å². The van der Waals surface area contributed by atoms with E-state index in [9.17, 15) is 9.90 Å². The van der Waals surface area contributed by atoms with Crippen LogP contribution in [0.2, 0.25) is 0 Å². The van der Waals surface area contributed by atoms with Crippen LogP contribution < -0.4 is 5.56 Å². The van der Waals surface area contributed by atoms with Crippen molar-refractivity contribution in [1.29, 1.82) is 0 Å².